The SMILES string of the molecule is CC1CC(CN)(C(=O)NCCc2nncn2C)C1. The minimum Gasteiger partial charge on any atom is -0.355 e. The molecule has 1 saturated carbocycles. The fourth-order valence-corrected chi connectivity index (χ4v) is 2.73. The van der Waals surface area contributed by atoms with Gasteiger partial charge in [-0.05, 0) is 18.8 Å². The minimum atomic E-state index is -0.320. The highest BCUT2D eigenvalue weighted by atomic mass is 16.2. The highest BCUT2D eigenvalue weighted by molar-refractivity contribution is 5.83. The van der Waals surface area contributed by atoms with Crippen LogP contribution in [0.25, 0.3) is 0 Å². The van der Waals surface area contributed by atoms with Crippen molar-refractivity contribution >= 4 is 5.91 Å². The zero-order chi connectivity index (χ0) is 13.2. The largest absolute Gasteiger partial charge is 0.355 e. The number of aromatic nitrogens is 3. The molecule has 1 aliphatic rings. The second-order valence-corrected chi connectivity index (χ2v) is 5.36. The van der Waals surface area contributed by atoms with E-state index in [2.05, 4.69) is 22.4 Å². The molecule has 1 aromatic heterocycles. The van der Waals surface area contributed by atoms with Crippen LogP contribution in [0.15, 0.2) is 6.33 Å². The minimum absolute atomic E-state index is 0.0882. The fraction of sp³-hybridized carbons (Fsp3) is 0.750. The lowest BCUT2D eigenvalue weighted by molar-refractivity contribution is -0.138. The monoisotopic (exact) mass is 251 g/mol. The molecule has 6 nitrogen and oxygen atoms in total. The first-order valence-electron chi connectivity index (χ1n) is 6.38. The molecule has 18 heavy (non-hydrogen) atoms. The Balaban J connectivity index is 1.80. The van der Waals surface area contributed by atoms with Gasteiger partial charge in [0.25, 0.3) is 0 Å². The van der Waals surface area contributed by atoms with E-state index in [9.17, 15) is 4.79 Å². The third-order valence-electron chi connectivity index (χ3n) is 3.79. The van der Waals surface area contributed by atoms with Crippen LogP contribution in [0.2, 0.25) is 0 Å². The Morgan fingerprint density at radius 3 is 2.89 bits per heavy atom. The standard InChI is InChI=1S/C12H21N5O/c1-9-5-12(6-9,7-13)11(18)14-4-3-10-16-15-8-17(10)2/h8-9H,3-7,13H2,1-2H3,(H,14,18). The van der Waals surface area contributed by atoms with Crippen LogP contribution in [0, 0.1) is 11.3 Å². The van der Waals surface area contributed by atoms with Gasteiger partial charge in [0.15, 0.2) is 0 Å². The van der Waals surface area contributed by atoms with Gasteiger partial charge in [0.2, 0.25) is 5.91 Å². The van der Waals surface area contributed by atoms with Crippen LogP contribution in [0.1, 0.15) is 25.6 Å². The molecular formula is C12H21N5O. The van der Waals surface area contributed by atoms with E-state index < -0.39 is 0 Å². The van der Waals surface area contributed by atoms with Gasteiger partial charge in [-0.2, -0.15) is 0 Å². The highest BCUT2D eigenvalue weighted by Gasteiger charge is 2.46. The number of aryl methyl sites for hydroxylation is 1. The van der Waals surface area contributed by atoms with Gasteiger partial charge >= 0.3 is 0 Å². The van der Waals surface area contributed by atoms with E-state index >= 15 is 0 Å². The van der Waals surface area contributed by atoms with Crippen LogP contribution in [0.5, 0.6) is 0 Å². The number of amides is 1. The van der Waals surface area contributed by atoms with Crippen molar-refractivity contribution in [2.24, 2.45) is 24.1 Å². The molecule has 2 rings (SSSR count). The molecule has 0 bridgehead atoms. The van der Waals surface area contributed by atoms with E-state index in [1.807, 2.05) is 11.6 Å². The molecule has 1 amide bonds. The summed E-state index contributed by atoms with van der Waals surface area (Å²) < 4.78 is 1.86. The summed E-state index contributed by atoms with van der Waals surface area (Å²) in [6.07, 6.45) is 4.16. The van der Waals surface area contributed by atoms with Gasteiger partial charge in [-0.15, -0.1) is 10.2 Å². The molecule has 0 radical (unpaired) electrons. The van der Waals surface area contributed by atoms with E-state index in [1.165, 1.54) is 0 Å². The van der Waals surface area contributed by atoms with Crippen LogP contribution in [-0.4, -0.2) is 33.8 Å². The first-order valence-corrected chi connectivity index (χ1v) is 6.38. The van der Waals surface area contributed by atoms with E-state index in [-0.39, 0.29) is 11.3 Å². The molecule has 1 heterocycles. The van der Waals surface area contributed by atoms with Crippen molar-refractivity contribution in [3.8, 4) is 0 Å². The molecule has 1 fully saturated rings. The number of nitrogens with two attached hydrogens (primary N) is 1. The third-order valence-corrected chi connectivity index (χ3v) is 3.79. The van der Waals surface area contributed by atoms with Crippen molar-refractivity contribution in [1.29, 1.82) is 0 Å². The lowest BCUT2D eigenvalue weighted by Gasteiger charge is -2.44. The van der Waals surface area contributed by atoms with Gasteiger partial charge < -0.3 is 15.6 Å². The summed E-state index contributed by atoms with van der Waals surface area (Å²) >= 11 is 0. The van der Waals surface area contributed by atoms with Gasteiger partial charge in [0.1, 0.15) is 12.2 Å². The average molecular weight is 251 g/mol. The molecule has 100 valence electrons. The second kappa shape index (κ2) is 5.06. The topological polar surface area (TPSA) is 85.8 Å². The third kappa shape index (κ3) is 2.38. The number of carbonyl (C=O) groups excluding carboxylic acids is 1. The lowest BCUT2D eigenvalue weighted by atomic mass is 9.62. The quantitative estimate of drug-likeness (QED) is 0.762. The Morgan fingerprint density at radius 2 is 2.39 bits per heavy atom. The van der Waals surface area contributed by atoms with Crippen molar-refractivity contribution in [1.82, 2.24) is 20.1 Å². The number of rotatable bonds is 5. The summed E-state index contributed by atoms with van der Waals surface area (Å²) in [4.78, 5) is 12.1. The van der Waals surface area contributed by atoms with Crippen LogP contribution in [0.3, 0.4) is 0 Å². The molecule has 0 aliphatic heterocycles. The second-order valence-electron chi connectivity index (χ2n) is 5.36. The Kier molecular flexibility index (Phi) is 3.65. The Bertz CT molecular complexity index is 422. The van der Waals surface area contributed by atoms with Crippen molar-refractivity contribution in [3.05, 3.63) is 12.2 Å². The summed E-state index contributed by atoms with van der Waals surface area (Å²) in [5.41, 5.74) is 5.41. The maximum atomic E-state index is 12.1. The first kappa shape index (κ1) is 13.0. The van der Waals surface area contributed by atoms with Gasteiger partial charge in [-0.3, -0.25) is 4.79 Å². The normalized spacial score (nSPS) is 26.7. The number of nitrogens with one attached hydrogen (secondary N) is 1. The predicted molar refractivity (Wildman–Crippen MR) is 67.6 cm³/mol. The molecule has 3 N–H and O–H groups in total. The highest BCUT2D eigenvalue weighted by Crippen LogP contribution is 2.44. The molecule has 6 heteroatoms. The number of nitrogens with zero attached hydrogens (tertiary/aromatic N) is 3. The van der Waals surface area contributed by atoms with Gasteiger partial charge in [0, 0.05) is 26.6 Å². The van der Waals surface area contributed by atoms with Crippen molar-refractivity contribution in [3.63, 3.8) is 0 Å². The van der Waals surface area contributed by atoms with E-state index in [0.29, 0.717) is 25.4 Å². The van der Waals surface area contributed by atoms with Crippen LogP contribution >= 0.6 is 0 Å². The first-order chi connectivity index (χ1) is 8.57. The predicted octanol–water partition coefficient (Wildman–Crippen LogP) is -0.151. The smallest absolute Gasteiger partial charge is 0.227 e. The fourth-order valence-electron chi connectivity index (χ4n) is 2.73. The molecule has 0 unspecified atom stereocenters. The van der Waals surface area contributed by atoms with Crippen molar-refractivity contribution < 1.29 is 4.79 Å². The summed E-state index contributed by atoms with van der Waals surface area (Å²) in [6, 6.07) is 0. The number of hydrogen-bond acceptors (Lipinski definition) is 4. The van der Waals surface area contributed by atoms with Gasteiger partial charge in [-0.25, -0.2) is 0 Å². The molecule has 0 atom stereocenters. The number of hydrogen-bond donors (Lipinski definition) is 2. The van der Waals surface area contributed by atoms with E-state index in [1.54, 1.807) is 6.33 Å². The number of carbonyl (C=O) groups is 1. The Hall–Kier alpha value is -1.43. The molecule has 1 aromatic rings. The van der Waals surface area contributed by atoms with Crippen molar-refractivity contribution in [2.75, 3.05) is 13.1 Å². The average Bonchev–Trinajstić information content (AvgIpc) is 2.70. The zero-order valence-electron chi connectivity index (χ0n) is 11.0. The molecular weight excluding hydrogens is 230 g/mol. The van der Waals surface area contributed by atoms with E-state index in [0.717, 1.165) is 18.7 Å². The molecule has 0 spiro atoms. The van der Waals surface area contributed by atoms with Crippen LogP contribution in [0.4, 0.5) is 0 Å². The van der Waals surface area contributed by atoms with Gasteiger partial charge in [-0.1, -0.05) is 6.92 Å². The van der Waals surface area contributed by atoms with Crippen LogP contribution in [-0.2, 0) is 18.3 Å². The molecule has 0 aromatic carbocycles. The van der Waals surface area contributed by atoms with Crippen molar-refractivity contribution in [2.45, 2.75) is 26.2 Å². The molecule has 0 saturated heterocycles. The summed E-state index contributed by atoms with van der Waals surface area (Å²) in [6.45, 7) is 3.18. The van der Waals surface area contributed by atoms with E-state index in [4.69, 9.17) is 5.73 Å². The maximum absolute atomic E-state index is 12.1. The maximum Gasteiger partial charge on any atom is 0.227 e. The zero-order valence-corrected chi connectivity index (χ0v) is 11.0. The molecule has 1 aliphatic carbocycles. The lowest BCUT2D eigenvalue weighted by Crippen LogP contribution is -2.53. The summed E-state index contributed by atoms with van der Waals surface area (Å²) in [5.74, 6) is 1.57. The Morgan fingerprint density at radius 1 is 1.67 bits per heavy atom. The van der Waals surface area contributed by atoms with Gasteiger partial charge in [0.05, 0.1) is 5.41 Å². The summed E-state index contributed by atoms with van der Waals surface area (Å²) in [7, 11) is 1.89. The Labute approximate surface area is 107 Å². The summed E-state index contributed by atoms with van der Waals surface area (Å²) in [5, 5.41) is 10.7. The van der Waals surface area contributed by atoms with Crippen LogP contribution < -0.4 is 11.1 Å².